The van der Waals surface area contributed by atoms with Crippen molar-refractivity contribution in [2.24, 2.45) is 13.0 Å². The zero-order chi connectivity index (χ0) is 12.3. The van der Waals surface area contributed by atoms with Crippen molar-refractivity contribution in [2.45, 2.75) is 32.7 Å². The molecule has 1 fully saturated rings. The van der Waals surface area contributed by atoms with E-state index in [0.29, 0.717) is 12.0 Å². The molecular weight excluding hydrogens is 216 g/mol. The van der Waals surface area contributed by atoms with Gasteiger partial charge in [0.05, 0.1) is 0 Å². The molecule has 1 aliphatic heterocycles. The van der Waals surface area contributed by atoms with Gasteiger partial charge in [-0.3, -0.25) is 0 Å². The third-order valence-electron chi connectivity index (χ3n) is 3.16. The molecule has 0 bridgehead atoms. The topological polar surface area (TPSA) is 58.9 Å². The number of aromatic nitrogens is 4. The number of nitrogens with one attached hydrogen (secondary N) is 1. The van der Waals surface area contributed by atoms with Gasteiger partial charge in [-0.15, -0.1) is 0 Å². The van der Waals surface area contributed by atoms with Crippen LogP contribution in [0, 0.1) is 5.92 Å². The maximum absolute atomic E-state index is 4.09. The molecule has 0 amide bonds. The van der Waals surface area contributed by atoms with E-state index in [9.17, 15) is 0 Å². The van der Waals surface area contributed by atoms with Crippen LogP contribution in [0.2, 0.25) is 0 Å². The second kappa shape index (κ2) is 5.44. The van der Waals surface area contributed by atoms with E-state index < -0.39 is 0 Å². The number of hydrogen-bond acceptors (Lipinski definition) is 5. The molecule has 1 aromatic rings. The zero-order valence-electron chi connectivity index (χ0n) is 10.9. The Labute approximate surface area is 102 Å². The fourth-order valence-corrected chi connectivity index (χ4v) is 2.32. The molecule has 0 aromatic carbocycles. The van der Waals surface area contributed by atoms with E-state index in [1.165, 1.54) is 12.8 Å². The summed E-state index contributed by atoms with van der Waals surface area (Å²) in [6.07, 6.45) is 2.44. The van der Waals surface area contributed by atoms with Crippen LogP contribution >= 0.6 is 0 Å². The molecule has 1 aromatic heterocycles. The summed E-state index contributed by atoms with van der Waals surface area (Å²) in [5, 5.41) is 15.2. The minimum atomic E-state index is 0.526. The van der Waals surface area contributed by atoms with E-state index in [-0.39, 0.29) is 0 Å². The third kappa shape index (κ3) is 2.94. The highest BCUT2D eigenvalue weighted by atomic mass is 15.6. The Hall–Kier alpha value is -1.17. The largest absolute Gasteiger partial charge is 0.335 e. The SMILES string of the molecule is CC(C)CNCC1CCCN1c1nnnn1C. The highest BCUT2D eigenvalue weighted by Gasteiger charge is 2.27. The standard InChI is InChI=1S/C11H22N6/c1-9(2)7-12-8-10-5-4-6-17(10)11-13-14-15-16(11)3/h9-10,12H,4-8H2,1-3H3. The normalized spacial score (nSPS) is 20.5. The molecule has 2 rings (SSSR count). The van der Waals surface area contributed by atoms with Gasteiger partial charge in [0.1, 0.15) is 0 Å². The molecule has 1 unspecified atom stereocenters. The van der Waals surface area contributed by atoms with E-state index in [0.717, 1.165) is 25.6 Å². The Balaban J connectivity index is 1.91. The van der Waals surface area contributed by atoms with Crippen LogP contribution < -0.4 is 10.2 Å². The Kier molecular flexibility index (Phi) is 3.93. The van der Waals surface area contributed by atoms with Crippen LogP contribution in [0.3, 0.4) is 0 Å². The van der Waals surface area contributed by atoms with Gasteiger partial charge in [0.15, 0.2) is 0 Å². The highest BCUT2D eigenvalue weighted by molar-refractivity contribution is 5.32. The second-order valence-corrected chi connectivity index (χ2v) is 5.14. The molecule has 1 N–H and O–H groups in total. The minimum Gasteiger partial charge on any atom is -0.335 e. The van der Waals surface area contributed by atoms with Crippen LogP contribution in [0.5, 0.6) is 0 Å². The van der Waals surface area contributed by atoms with E-state index in [1.807, 2.05) is 7.05 Å². The monoisotopic (exact) mass is 238 g/mol. The van der Waals surface area contributed by atoms with Gasteiger partial charge in [0.2, 0.25) is 5.95 Å². The van der Waals surface area contributed by atoms with Gasteiger partial charge in [-0.1, -0.05) is 18.9 Å². The lowest BCUT2D eigenvalue weighted by molar-refractivity contribution is 0.507. The lowest BCUT2D eigenvalue weighted by atomic mass is 10.2. The fraction of sp³-hybridized carbons (Fsp3) is 0.909. The number of aryl methyl sites for hydroxylation is 1. The van der Waals surface area contributed by atoms with E-state index in [1.54, 1.807) is 4.68 Å². The summed E-state index contributed by atoms with van der Waals surface area (Å²) in [6, 6.07) is 0.526. The van der Waals surface area contributed by atoms with Crippen LogP contribution in [0.15, 0.2) is 0 Å². The molecule has 2 heterocycles. The van der Waals surface area contributed by atoms with Gasteiger partial charge < -0.3 is 10.2 Å². The van der Waals surface area contributed by atoms with Crippen molar-refractivity contribution in [2.75, 3.05) is 24.5 Å². The third-order valence-corrected chi connectivity index (χ3v) is 3.16. The predicted molar refractivity (Wildman–Crippen MR) is 66.9 cm³/mol. The first-order valence-corrected chi connectivity index (χ1v) is 6.38. The zero-order valence-corrected chi connectivity index (χ0v) is 10.9. The Morgan fingerprint density at radius 2 is 2.29 bits per heavy atom. The van der Waals surface area contributed by atoms with Crippen molar-refractivity contribution in [1.29, 1.82) is 0 Å². The number of hydrogen-bond donors (Lipinski definition) is 1. The maximum atomic E-state index is 4.09. The van der Waals surface area contributed by atoms with Crippen molar-refractivity contribution in [1.82, 2.24) is 25.5 Å². The minimum absolute atomic E-state index is 0.526. The lowest BCUT2D eigenvalue weighted by Gasteiger charge is -2.25. The number of tetrazole rings is 1. The van der Waals surface area contributed by atoms with Gasteiger partial charge in [0.25, 0.3) is 0 Å². The second-order valence-electron chi connectivity index (χ2n) is 5.14. The molecule has 1 saturated heterocycles. The molecule has 96 valence electrons. The van der Waals surface area contributed by atoms with Gasteiger partial charge in [-0.2, -0.15) is 0 Å². The summed E-state index contributed by atoms with van der Waals surface area (Å²) in [5.74, 6) is 1.58. The number of nitrogens with zero attached hydrogens (tertiary/aromatic N) is 5. The molecule has 6 heteroatoms. The summed E-state index contributed by atoms with van der Waals surface area (Å²) in [4.78, 5) is 2.31. The molecule has 1 aliphatic rings. The maximum Gasteiger partial charge on any atom is 0.245 e. The summed E-state index contributed by atoms with van der Waals surface area (Å²) in [6.45, 7) is 7.60. The van der Waals surface area contributed by atoms with Crippen molar-refractivity contribution in [3.63, 3.8) is 0 Å². The van der Waals surface area contributed by atoms with Crippen LogP contribution in [-0.4, -0.2) is 45.9 Å². The lowest BCUT2D eigenvalue weighted by Crippen LogP contribution is -2.40. The number of anilines is 1. The Morgan fingerprint density at radius 3 is 2.94 bits per heavy atom. The average molecular weight is 238 g/mol. The molecule has 0 spiro atoms. The van der Waals surface area contributed by atoms with E-state index >= 15 is 0 Å². The Morgan fingerprint density at radius 1 is 1.47 bits per heavy atom. The summed E-state index contributed by atoms with van der Waals surface area (Å²) in [7, 11) is 1.90. The van der Waals surface area contributed by atoms with Crippen molar-refractivity contribution >= 4 is 5.95 Å². The van der Waals surface area contributed by atoms with E-state index in [4.69, 9.17) is 0 Å². The van der Waals surface area contributed by atoms with Gasteiger partial charge in [-0.25, -0.2) is 4.68 Å². The van der Waals surface area contributed by atoms with Gasteiger partial charge >= 0.3 is 0 Å². The number of rotatable bonds is 5. The first kappa shape index (κ1) is 12.3. The van der Waals surface area contributed by atoms with Crippen LogP contribution in [-0.2, 0) is 7.05 Å². The fourth-order valence-electron chi connectivity index (χ4n) is 2.32. The molecule has 17 heavy (non-hydrogen) atoms. The van der Waals surface area contributed by atoms with Crippen LogP contribution in [0.25, 0.3) is 0 Å². The van der Waals surface area contributed by atoms with Crippen molar-refractivity contribution in [3.8, 4) is 0 Å². The summed E-state index contributed by atoms with van der Waals surface area (Å²) in [5.41, 5.74) is 0. The van der Waals surface area contributed by atoms with E-state index in [2.05, 4.69) is 39.6 Å². The first-order chi connectivity index (χ1) is 8.18. The van der Waals surface area contributed by atoms with Crippen molar-refractivity contribution in [3.05, 3.63) is 0 Å². The molecule has 1 atom stereocenters. The average Bonchev–Trinajstić information content (AvgIpc) is 2.86. The molecule has 0 saturated carbocycles. The van der Waals surface area contributed by atoms with Crippen LogP contribution in [0.4, 0.5) is 5.95 Å². The molecule has 6 nitrogen and oxygen atoms in total. The Bertz CT molecular complexity index is 347. The highest BCUT2D eigenvalue weighted by Crippen LogP contribution is 2.21. The smallest absolute Gasteiger partial charge is 0.245 e. The quantitative estimate of drug-likeness (QED) is 0.806. The van der Waals surface area contributed by atoms with Crippen molar-refractivity contribution < 1.29 is 0 Å². The molecule has 0 radical (unpaired) electrons. The predicted octanol–water partition coefficient (Wildman–Crippen LogP) is 0.424. The van der Waals surface area contributed by atoms with Gasteiger partial charge in [-0.05, 0) is 35.7 Å². The summed E-state index contributed by atoms with van der Waals surface area (Å²) < 4.78 is 1.75. The first-order valence-electron chi connectivity index (χ1n) is 6.38. The van der Waals surface area contributed by atoms with Gasteiger partial charge in [0, 0.05) is 26.2 Å². The van der Waals surface area contributed by atoms with Crippen LogP contribution in [0.1, 0.15) is 26.7 Å². The summed E-state index contributed by atoms with van der Waals surface area (Å²) >= 11 is 0. The molecule has 0 aliphatic carbocycles. The molecular formula is C11H22N6.